The molecule has 1 atom stereocenters. The smallest absolute Gasteiger partial charge is 0.465 e. The Morgan fingerprint density at radius 3 is 1.53 bits per heavy atom. The van der Waals surface area contributed by atoms with Crippen molar-refractivity contribution in [1.82, 2.24) is 4.90 Å². The van der Waals surface area contributed by atoms with Crippen LogP contribution in [0.25, 0.3) is 0 Å². The molecule has 10 nitrogen and oxygen atoms in total. The lowest BCUT2D eigenvalue weighted by atomic mass is 10.1. The van der Waals surface area contributed by atoms with Crippen molar-refractivity contribution < 1.29 is 51.6 Å². The van der Waals surface area contributed by atoms with Crippen LogP contribution in [0.2, 0.25) is 0 Å². The maximum absolute atomic E-state index is 12.9. The predicted octanol–water partition coefficient (Wildman–Crippen LogP) is 13.1. The highest BCUT2D eigenvalue weighted by molar-refractivity contribution is 5.69. The second-order valence-corrected chi connectivity index (χ2v) is 16.3. The van der Waals surface area contributed by atoms with Crippen LogP contribution < -0.4 is 0 Å². The molecule has 0 amide bonds. The van der Waals surface area contributed by atoms with Gasteiger partial charge in [-0.15, -0.1) is 0 Å². The Bertz CT molecular complexity index is 1040. The predicted molar refractivity (Wildman–Crippen MR) is 247 cm³/mol. The summed E-state index contributed by atoms with van der Waals surface area (Å²) >= 11 is 0. The monoisotopic (exact) mass is 888 g/mol. The van der Waals surface area contributed by atoms with Gasteiger partial charge in [-0.1, -0.05) is 129 Å². The minimum absolute atomic E-state index is 0.0575. The normalized spacial score (nSPS) is 12.2. The van der Waals surface area contributed by atoms with E-state index in [0.29, 0.717) is 45.3 Å². The standard InChI is InChI=1S/C50H91F2NO9/c1-4-7-8-9-10-11-12-13-14-15-16-17-18-23-28-34-47(54)60-43-46(45-62-50(56)59-42-33-39-53(5-2)6-3)44-61-48(55)35-36-49(57-40-31-26-21-19-24-29-37-51)58-41-32-27-22-20-25-30-38-52/h10-11,13-14,46,49H,4-9,12,15-45H2,1-3H3/b11-10-,14-13-. The van der Waals surface area contributed by atoms with Crippen molar-refractivity contribution in [2.24, 2.45) is 5.92 Å². The fourth-order valence-electron chi connectivity index (χ4n) is 6.69. The van der Waals surface area contributed by atoms with E-state index in [0.717, 1.165) is 129 Å². The number of rotatable bonds is 47. The average Bonchev–Trinajstić information content (AvgIpc) is 3.28. The summed E-state index contributed by atoms with van der Waals surface area (Å²) in [6.07, 6.45) is 31.8. The Morgan fingerprint density at radius 2 is 0.984 bits per heavy atom. The Balaban J connectivity index is 4.88. The second kappa shape index (κ2) is 47.9. The highest BCUT2D eigenvalue weighted by atomic mass is 19.1. The maximum Gasteiger partial charge on any atom is 0.508 e. The van der Waals surface area contributed by atoms with Crippen LogP contribution in [0.4, 0.5) is 13.6 Å². The molecule has 1 unspecified atom stereocenters. The lowest BCUT2D eigenvalue weighted by Gasteiger charge is -2.20. The minimum Gasteiger partial charge on any atom is -0.465 e. The van der Waals surface area contributed by atoms with Crippen molar-refractivity contribution >= 4 is 18.1 Å². The summed E-state index contributed by atoms with van der Waals surface area (Å²) in [5.74, 6) is -1.35. The van der Waals surface area contributed by atoms with Crippen molar-refractivity contribution in [3.05, 3.63) is 24.3 Å². The SMILES string of the molecule is CCCCC/C=C\C/C=C\CCCCCCCC(=O)OCC(COC(=O)CCC(OCCCCCCCCF)OCCCCCCCCF)COC(=O)OCCCN(CC)CC. The highest BCUT2D eigenvalue weighted by Crippen LogP contribution is 2.14. The van der Waals surface area contributed by atoms with E-state index >= 15 is 0 Å². The van der Waals surface area contributed by atoms with Gasteiger partial charge in [-0.2, -0.15) is 0 Å². The summed E-state index contributed by atoms with van der Waals surface area (Å²) in [5, 5.41) is 0. The molecule has 0 fully saturated rings. The number of esters is 2. The summed E-state index contributed by atoms with van der Waals surface area (Å²) in [4.78, 5) is 40.2. The van der Waals surface area contributed by atoms with Crippen LogP contribution in [0.5, 0.6) is 0 Å². The van der Waals surface area contributed by atoms with E-state index in [1.165, 1.54) is 25.7 Å². The molecule has 0 aliphatic rings. The number of carbonyl (C=O) groups excluding carboxylic acids is 3. The molecule has 0 spiro atoms. The molecule has 0 bridgehead atoms. The molecule has 12 heteroatoms. The third-order valence-corrected chi connectivity index (χ3v) is 10.7. The van der Waals surface area contributed by atoms with E-state index in [9.17, 15) is 23.2 Å². The van der Waals surface area contributed by atoms with E-state index in [4.69, 9.17) is 28.4 Å². The van der Waals surface area contributed by atoms with Crippen molar-refractivity contribution in [3.8, 4) is 0 Å². The van der Waals surface area contributed by atoms with E-state index in [1.54, 1.807) is 0 Å². The van der Waals surface area contributed by atoms with Crippen LogP contribution in [-0.4, -0.2) is 102 Å². The first-order valence-corrected chi connectivity index (χ1v) is 24.9. The Labute approximate surface area is 376 Å². The zero-order valence-corrected chi connectivity index (χ0v) is 39.7. The first kappa shape index (κ1) is 59.4. The zero-order chi connectivity index (χ0) is 45.4. The fourth-order valence-corrected chi connectivity index (χ4v) is 6.69. The van der Waals surface area contributed by atoms with Gasteiger partial charge in [-0.3, -0.25) is 18.4 Å². The molecular formula is C50H91F2NO9. The molecule has 0 saturated heterocycles. The summed E-state index contributed by atoms with van der Waals surface area (Å²) in [7, 11) is 0. The number of unbranched alkanes of at least 4 members (excludes halogenated alkanes) is 18. The number of ether oxygens (including phenoxy) is 6. The molecule has 0 aromatic heterocycles. The van der Waals surface area contributed by atoms with E-state index < -0.39 is 24.3 Å². The lowest BCUT2D eigenvalue weighted by molar-refractivity contribution is -0.161. The van der Waals surface area contributed by atoms with Crippen molar-refractivity contribution in [2.45, 2.75) is 200 Å². The van der Waals surface area contributed by atoms with Crippen LogP contribution >= 0.6 is 0 Å². The Morgan fingerprint density at radius 1 is 0.500 bits per heavy atom. The van der Waals surface area contributed by atoms with Crippen molar-refractivity contribution in [3.63, 3.8) is 0 Å². The number of hydrogen-bond donors (Lipinski definition) is 0. The summed E-state index contributed by atoms with van der Waals surface area (Å²) < 4.78 is 58.6. The first-order chi connectivity index (χ1) is 30.4. The molecule has 364 valence electrons. The molecule has 0 saturated carbocycles. The van der Waals surface area contributed by atoms with Gasteiger partial charge in [0, 0.05) is 32.6 Å². The number of hydrogen-bond acceptors (Lipinski definition) is 10. The molecule has 0 N–H and O–H groups in total. The van der Waals surface area contributed by atoms with Crippen LogP contribution in [0.3, 0.4) is 0 Å². The van der Waals surface area contributed by atoms with Crippen LogP contribution in [-0.2, 0) is 38.0 Å². The molecule has 0 aromatic carbocycles. The van der Waals surface area contributed by atoms with Gasteiger partial charge < -0.3 is 33.3 Å². The summed E-state index contributed by atoms with van der Waals surface area (Å²) in [6.45, 7) is 9.45. The molecular weight excluding hydrogens is 797 g/mol. The van der Waals surface area contributed by atoms with E-state index in [-0.39, 0.29) is 52.2 Å². The number of nitrogens with zero attached hydrogens (tertiary/aromatic N) is 1. The number of carbonyl (C=O) groups is 3. The number of halogens is 2. The molecule has 0 rings (SSSR count). The lowest BCUT2D eigenvalue weighted by Crippen LogP contribution is -2.28. The molecule has 0 aliphatic carbocycles. The third-order valence-electron chi connectivity index (χ3n) is 10.7. The molecule has 0 aromatic rings. The molecule has 0 radical (unpaired) electrons. The number of alkyl halides is 2. The topological polar surface area (TPSA) is 110 Å². The van der Waals surface area contributed by atoms with Gasteiger partial charge in [0.25, 0.3) is 0 Å². The van der Waals surface area contributed by atoms with Gasteiger partial charge in [0.15, 0.2) is 6.29 Å². The Hall–Kier alpha value is -2.57. The molecule has 0 aliphatic heterocycles. The van der Waals surface area contributed by atoms with Crippen LogP contribution in [0, 0.1) is 5.92 Å². The van der Waals surface area contributed by atoms with Gasteiger partial charge in [0.2, 0.25) is 0 Å². The number of allylic oxidation sites excluding steroid dienone is 4. The maximum atomic E-state index is 12.9. The third kappa shape index (κ3) is 42.7. The van der Waals surface area contributed by atoms with Crippen LogP contribution in [0.15, 0.2) is 24.3 Å². The Kier molecular flexibility index (Phi) is 45.9. The van der Waals surface area contributed by atoms with Crippen molar-refractivity contribution in [1.29, 1.82) is 0 Å². The van der Waals surface area contributed by atoms with Gasteiger partial charge >= 0.3 is 18.1 Å². The largest absolute Gasteiger partial charge is 0.508 e. The van der Waals surface area contributed by atoms with Gasteiger partial charge in [-0.05, 0) is 83.7 Å². The minimum atomic E-state index is -0.811. The quantitative estimate of drug-likeness (QED) is 0.0193. The summed E-state index contributed by atoms with van der Waals surface area (Å²) in [6, 6.07) is 0. The van der Waals surface area contributed by atoms with Gasteiger partial charge in [0.05, 0.1) is 32.3 Å². The first-order valence-electron chi connectivity index (χ1n) is 24.9. The average molecular weight is 888 g/mol. The summed E-state index contributed by atoms with van der Waals surface area (Å²) in [5.41, 5.74) is 0. The zero-order valence-electron chi connectivity index (χ0n) is 39.7. The molecule has 62 heavy (non-hydrogen) atoms. The highest BCUT2D eigenvalue weighted by Gasteiger charge is 2.20. The van der Waals surface area contributed by atoms with E-state index in [2.05, 4.69) is 50.0 Å². The van der Waals surface area contributed by atoms with Crippen LogP contribution in [0.1, 0.15) is 194 Å². The van der Waals surface area contributed by atoms with Gasteiger partial charge in [-0.25, -0.2) is 4.79 Å². The molecule has 0 heterocycles. The van der Waals surface area contributed by atoms with Crippen molar-refractivity contribution in [2.75, 3.05) is 72.6 Å². The second-order valence-electron chi connectivity index (χ2n) is 16.3. The fraction of sp³-hybridized carbons (Fsp3) is 0.860. The van der Waals surface area contributed by atoms with E-state index in [1.807, 2.05) is 0 Å². The van der Waals surface area contributed by atoms with Gasteiger partial charge in [0.1, 0.15) is 19.8 Å².